The maximum absolute atomic E-state index is 13.3. The van der Waals surface area contributed by atoms with Crippen LogP contribution in [0.4, 0.5) is 0 Å². The van der Waals surface area contributed by atoms with Gasteiger partial charge in [0, 0.05) is 45.3 Å². The molecule has 26 heavy (non-hydrogen) atoms. The zero-order valence-electron chi connectivity index (χ0n) is 15.9. The van der Waals surface area contributed by atoms with Gasteiger partial charge in [0.15, 0.2) is 5.69 Å². The lowest BCUT2D eigenvalue weighted by Crippen LogP contribution is -2.40. The van der Waals surface area contributed by atoms with Gasteiger partial charge < -0.3 is 14.5 Å². The van der Waals surface area contributed by atoms with Crippen molar-refractivity contribution in [1.29, 1.82) is 0 Å². The Morgan fingerprint density at radius 1 is 1.31 bits per heavy atom. The van der Waals surface area contributed by atoms with Crippen LogP contribution in [-0.4, -0.2) is 72.4 Å². The predicted octanol–water partition coefficient (Wildman–Crippen LogP) is 2.00. The Hall–Kier alpha value is -1.92. The number of carbonyl (C=O) groups is 1. The second kappa shape index (κ2) is 6.67. The molecule has 2 saturated heterocycles. The average molecular weight is 356 g/mol. The number of ether oxygens (including phenoxy) is 1. The average Bonchev–Trinajstić information content (AvgIpc) is 3.14. The molecule has 0 bridgehead atoms. The van der Waals surface area contributed by atoms with Gasteiger partial charge in [0.1, 0.15) is 0 Å². The van der Waals surface area contributed by atoms with E-state index in [4.69, 9.17) is 4.74 Å². The molecule has 6 heteroatoms. The van der Waals surface area contributed by atoms with Gasteiger partial charge in [0.2, 0.25) is 0 Å². The second-order valence-corrected chi connectivity index (χ2v) is 8.11. The number of aryl methyl sites for hydroxylation is 1. The number of likely N-dealkylation sites (tertiary alicyclic amines) is 1. The number of fused-ring (bicyclic) bond motifs is 1. The van der Waals surface area contributed by atoms with Gasteiger partial charge in [-0.15, -0.1) is 0 Å². The van der Waals surface area contributed by atoms with Crippen molar-refractivity contribution in [3.05, 3.63) is 30.0 Å². The molecule has 1 aromatic carbocycles. The maximum atomic E-state index is 13.3. The summed E-state index contributed by atoms with van der Waals surface area (Å²) in [5, 5.41) is 5.49. The number of carbonyl (C=O) groups excluding carboxylic acids is 1. The Kier molecular flexibility index (Phi) is 4.49. The van der Waals surface area contributed by atoms with Crippen LogP contribution in [0.3, 0.4) is 0 Å². The van der Waals surface area contributed by atoms with E-state index in [9.17, 15) is 4.79 Å². The van der Waals surface area contributed by atoms with Gasteiger partial charge >= 0.3 is 0 Å². The van der Waals surface area contributed by atoms with Crippen molar-refractivity contribution in [2.45, 2.75) is 12.8 Å². The zero-order chi connectivity index (χ0) is 18.3. The molecular formula is C20H28N4O2. The number of hydrogen-bond donors (Lipinski definition) is 0. The summed E-state index contributed by atoms with van der Waals surface area (Å²) in [6.45, 7) is 4.24. The molecule has 1 aromatic heterocycles. The van der Waals surface area contributed by atoms with Gasteiger partial charge in [-0.25, -0.2) is 0 Å². The van der Waals surface area contributed by atoms with Crippen LogP contribution in [0.25, 0.3) is 10.9 Å². The van der Waals surface area contributed by atoms with Crippen LogP contribution in [0.1, 0.15) is 23.3 Å². The smallest absolute Gasteiger partial charge is 0.275 e. The molecule has 1 atom stereocenters. The Morgan fingerprint density at radius 3 is 2.77 bits per heavy atom. The molecule has 4 rings (SSSR count). The molecule has 2 fully saturated rings. The van der Waals surface area contributed by atoms with Crippen molar-refractivity contribution in [3.63, 3.8) is 0 Å². The fourth-order valence-corrected chi connectivity index (χ4v) is 4.75. The highest BCUT2D eigenvalue weighted by Gasteiger charge is 2.49. The van der Waals surface area contributed by atoms with Gasteiger partial charge in [0.25, 0.3) is 5.91 Å². The SMILES string of the molecule is CN(C)C[C@@H]1CN(C(=O)c2nn(C)c3ccccc23)CC12CCOCC2. The monoisotopic (exact) mass is 356 g/mol. The van der Waals surface area contributed by atoms with Crippen LogP contribution in [-0.2, 0) is 11.8 Å². The highest BCUT2D eigenvalue weighted by Crippen LogP contribution is 2.45. The topological polar surface area (TPSA) is 50.6 Å². The first-order chi connectivity index (χ1) is 12.5. The van der Waals surface area contributed by atoms with Crippen LogP contribution < -0.4 is 0 Å². The molecule has 0 saturated carbocycles. The molecule has 0 radical (unpaired) electrons. The van der Waals surface area contributed by atoms with E-state index in [1.807, 2.05) is 36.2 Å². The maximum Gasteiger partial charge on any atom is 0.275 e. The summed E-state index contributed by atoms with van der Waals surface area (Å²) in [6.07, 6.45) is 2.08. The lowest BCUT2D eigenvalue weighted by atomic mass is 9.72. The van der Waals surface area contributed by atoms with Crippen molar-refractivity contribution in [2.75, 3.05) is 46.9 Å². The van der Waals surface area contributed by atoms with E-state index in [1.165, 1.54) is 0 Å². The Labute approximate surface area is 154 Å². The summed E-state index contributed by atoms with van der Waals surface area (Å²) >= 11 is 0. The third-order valence-electron chi connectivity index (χ3n) is 6.13. The minimum Gasteiger partial charge on any atom is -0.381 e. The Balaban J connectivity index is 1.64. The van der Waals surface area contributed by atoms with Crippen molar-refractivity contribution in [3.8, 4) is 0 Å². The Bertz CT molecular complexity index is 807. The van der Waals surface area contributed by atoms with Gasteiger partial charge in [-0.05, 0) is 44.3 Å². The molecule has 1 amide bonds. The van der Waals surface area contributed by atoms with Crippen molar-refractivity contribution < 1.29 is 9.53 Å². The summed E-state index contributed by atoms with van der Waals surface area (Å²) < 4.78 is 7.42. The number of para-hydroxylation sites is 1. The molecule has 6 nitrogen and oxygen atoms in total. The molecule has 0 aliphatic carbocycles. The molecule has 2 aliphatic rings. The molecule has 140 valence electrons. The molecule has 0 N–H and O–H groups in total. The molecule has 1 spiro atoms. The van der Waals surface area contributed by atoms with E-state index >= 15 is 0 Å². The quantitative estimate of drug-likeness (QED) is 0.844. The highest BCUT2D eigenvalue weighted by atomic mass is 16.5. The van der Waals surface area contributed by atoms with E-state index in [0.717, 1.165) is 56.6 Å². The fourth-order valence-electron chi connectivity index (χ4n) is 4.75. The number of rotatable bonds is 3. The third-order valence-corrected chi connectivity index (χ3v) is 6.13. The van der Waals surface area contributed by atoms with Gasteiger partial charge in [-0.1, -0.05) is 18.2 Å². The number of nitrogens with zero attached hydrogens (tertiary/aromatic N) is 4. The first-order valence-corrected chi connectivity index (χ1v) is 9.44. The molecule has 0 unspecified atom stereocenters. The fraction of sp³-hybridized carbons (Fsp3) is 0.600. The van der Waals surface area contributed by atoms with Gasteiger partial charge in [-0.2, -0.15) is 5.10 Å². The van der Waals surface area contributed by atoms with Gasteiger partial charge in [0.05, 0.1) is 5.52 Å². The van der Waals surface area contributed by atoms with Crippen molar-refractivity contribution in [1.82, 2.24) is 19.6 Å². The summed E-state index contributed by atoms with van der Waals surface area (Å²) in [4.78, 5) is 17.6. The Morgan fingerprint density at radius 2 is 2.04 bits per heavy atom. The molecule has 2 aromatic rings. The summed E-state index contributed by atoms with van der Waals surface area (Å²) in [5.41, 5.74) is 1.76. The minimum absolute atomic E-state index is 0.0638. The number of benzene rings is 1. The predicted molar refractivity (Wildman–Crippen MR) is 101 cm³/mol. The summed E-state index contributed by atoms with van der Waals surface area (Å²) in [5.74, 6) is 0.550. The van der Waals surface area contributed by atoms with Crippen LogP contribution in [0.2, 0.25) is 0 Å². The first-order valence-electron chi connectivity index (χ1n) is 9.44. The van der Waals surface area contributed by atoms with E-state index < -0.39 is 0 Å². The lowest BCUT2D eigenvalue weighted by Gasteiger charge is -2.38. The second-order valence-electron chi connectivity index (χ2n) is 8.11. The normalized spacial score (nSPS) is 22.6. The highest BCUT2D eigenvalue weighted by molar-refractivity contribution is 6.05. The number of hydrogen-bond acceptors (Lipinski definition) is 4. The zero-order valence-corrected chi connectivity index (χ0v) is 15.9. The minimum atomic E-state index is 0.0638. The largest absolute Gasteiger partial charge is 0.381 e. The standard InChI is InChI=1S/C20H28N4O2/c1-22(2)12-15-13-24(14-20(15)8-10-26-11-9-20)19(25)18-16-6-4-5-7-17(16)23(3)21-18/h4-7,15H,8-14H2,1-3H3/t15-/m1/s1. The third kappa shape index (κ3) is 2.91. The van der Waals surface area contributed by atoms with Crippen molar-refractivity contribution in [2.24, 2.45) is 18.4 Å². The van der Waals surface area contributed by atoms with Crippen molar-refractivity contribution >= 4 is 16.8 Å². The molecule has 2 aliphatic heterocycles. The van der Waals surface area contributed by atoms with Crippen LogP contribution in [0, 0.1) is 11.3 Å². The number of amides is 1. The molecular weight excluding hydrogens is 328 g/mol. The number of aromatic nitrogens is 2. The van der Waals surface area contributed by atoms with E-state index in [0.29, 0.717) is 11.6 Å². The van der Waals surface area contributed by atoms with Gasteiger partial charge in [-0.3, -0.25) is 9.48 Å². The van der Waals surface area contributed by atoms with E-state index in [1.54, 1.807) is 4.68 Å². The summed E-state index contributed by atoms with van der Waals surface area (Å²) in [7, 11) is 6.13. The first kappa shape index (κ1) is 17.5. The lowest BCUT2D eigenvalue weighted by molar-refractivity contribution is -0.00452. The van der Waals surface area contributed by atoms with E-state index in [2.05, 4.69) is 24.1 Å². The van der Waals surface area contributed by atoms with Crippen LogP contribution in [0.5, 0.6) is 0 Å². The molecule has 3 heterocycles. The van der Waals surface area contributed by atoms with Crippen LogP contribution >= 0.6 is 0 Å². The van der Waals surface area contributed by atoms with Crippen LogP contribution in [0.15, 0.2) is 24.3 Å². The summed E-state index contributed by atoms with van der Waals surface area (Å²) in [6, 6.07) is 7.96. The van der Waals surface area contributed by atoms with E-state index in [-0.39, 0.29) is 11.3 Å².